The number of rotatable bonds is 4. The van der Waals surface area contributed by atoms with Crippen molar-refractivity contribution in [3.63, 3.8) is 0 Å². The van der Waals surface area contributed by atoms with Crippen molar-refractivity contribution in [1.82, 2.24) is 10.3 Å². The molecular weight excluding hydrogens is 307 g/mol. The van der Waals surface area contributed by atoms with E-state index in [1.807, 2.05) is 19.9 Å². The zero-order valence-corrected chi connectivity index (χ0v) is 13.8. The number of hydrogen-bond donors (Lipinski definition) is 2. The van der Waals surface area contributed by atoms with E-state index in [-0.39, 0.29) is 24.2 Å². The molecule has 0 saturated heterocycles. The van der Waals surface area contributed by atoms with Crippen LogP contribution in [0.3, 0.4) is 0 Å². The van der Waals surface area contributed by atoms with Gasteiger partial charge in [0.15, 0.2) is 3.95 Å². The van der Waals surface area contributed by atoms with E-state index in [1.165, 1.54) is 17.4 Å². The van der Waals surface area contributed by atoms with Crippen LogP contribution in [0.4, 0.5) is 4.39 Å². The number of nitrogens with one attached hydrogen (secondary N) is 2. The second kappa shape index (κ2) is 6.49. The van der Waals surface area contributed by atoms with Crippen LogP contribution in [0.1, 0.15) is 34.7 Å². The molecule has 2 rings (SSSR count). The zero-order valence-electron chi connectivity index (χ0n) is 12.1. The molecule has 2 aromatic rings. The lowest BCUT2D eigenvalue weighted by molar-refractivity contribution is -0.121. The molecule has 112 valence electrons. The summed E-state index contributed by atoms with van der Waals surface area (Å²) in [6.45, 7) is 5.45. The van der Waals surface area contributed by atoms with E-state index < -0.39 is 0 Å². The lowest BCUT2D eigenvalue weighted by atomic mass is 10.1. The van der Waals surface area contributed by atoms with Crippen molar-refractivity contribution in [2.45, 2.75) is 33.2 Å². The van der Waals surface area contributed by atoms with Gasteiger partial charge >= 0.3 is 0 Å². The smallest absolute Gasteiger partial charge is 0.225 e. The van der Waals surface area contributed by atoms with Gasteiger partial charge in [-0.05, 0) is 50.2 Å². The first-order valence-electron chi connectivity index (χ1n) is 6.61. The molecule has 0 spiro atoms. The molecule has 1 amide bonds. The van der Waals surface area contributed by atoms with Gasteiger partial charge in [0.25, 0.3) is 0 Å². The van der Waals surface area contributed by atoms with Crippen LogP contribution >= 0.6 is 23.6 Å². The lowest BCUT2D eigenvalue weighted by Gasteiger charge is -2.15. The normalized spacial score (nSPS) is 12.2. The molecule has 0 aliphatic rings. The highest BCUT2D eigenvalue weighted by Gasteiger charge is 2.13. The summed E-state index contributed by atoms with van der Waals surface area (Å²) in [6.07, 6.45) is 0.280. The average molecular weight is 324 g/mol. The molecular formula is C15H17FN2OS2. The molecule has 1 atom stereocenters. The number of aromatic nitrogens is 1. The standard InChI is InChI=1S/C15H17FN2OS2/c1-8-4-5-11(6-12(8)16)9(2)17-14(19)7-13-10(3)18-15(20)21-13/h4-6,9H,7H2,1-3H3,(H,17,19)(H,18,20). The van der Waals surface area contributed by atoms with Crippen LogP contribution in [0.2, 0.25) is 0 Å². The quantitative estimate of drug-likeness (QED) is 0.836. The number of thiazole rings is 1. The molecule has 0 fully saturated rings. The van der Waals surface area contributed by atoms with Crippen molar-refractivity contribution in [3.8, 4) is 0 Å². The molecule has 1 heterocycles. The Morgan fingerprint density at radius 3 is 2.76 bits per heavy atom. The van der Waals surface area contributed by atoms with E-state index in [9.17, 15) is 9.18 Å². The zero-order chi connectivity index (χ0) is 15.6. The molecule has 3 nitrogen and oxygen atoms in total. The Hall–Kier alpha value is -1.53. The fraction of sp³-hybridized carbons (Fsp3) is 0.333. The Kier molecular flexibility index (Phi) is 4.90. The number of carbonyl (C=O) groups is 1. The Morgan fingerprint density at radius 2 is 2.19 bits per heavy atom. The molecule has 1 aromatic heterocycles. The van der Waals surface area contributed by atoms with Crippen LogP contribution in [-0.4, -0.2) is 10.9 Å². The minimum atomic E-state index is -0.256. The highest BCUT2D eigenvalue weighted by Crippen LogP contribution is 2.18. The minimum absolute atomic E-state index is 0.100. The Balaban J connectivity index is 2.03. The van der Waals surface area contributed by atoms with E-state index >= 15 is 0 Å². The van der Waals surface area contributed by atoms with E-state index in [1.54, 1.807) is 13.0 Å². The van der Waals surface area contributed by atoms with E-state index in [0.717, 1.165) is 16.1 Å². The van der Waals surface area contributed by atoms with Gasteiger partial charge in [-0.25, -0.2) is 4.39 Å². The number of H-pyrrole nitrogens is 1. The maximum absolute atomic E-state index is 13.6. The second-order valence-corrected chi connectivity index (χ2v) is 6.81. The minimum Gasteiger partial charge on any atom is -0.349 e. The van der Waals surface area contributed by atoms with Crippen molar-refractivity contribution < 1.29 is 9.18 Å². The predicted molar refractivity (Wildman–Crippen MR) is 85.6 cm³/mol. The first-order chi connectivity index (χ1) is 9.86. The van der Waals surface area contributed by atoms with Gasteiger partial charge in [-0.2, -0.15) is 0 Å². The topological polar surface area (TPSA) is 44.9 Å². The summed E-state index contributed by atoms with van der Waals surface area (Å²) in [7, 11) is 0. The lowest BCUT2D eigenvalue weighted by Crippen LogP contribution is -2.28. The van der Waals surface area contributed by atoms with E-state index in [2.05, 4.69) is 10.3 Å². The predicted octanol–water partition coefficient (Wildman–Crippen LogP) is 3.98. The molecule has 2 N–H and O–H groups in total. The summed E-state index contributed by atoms with van der Waals surface area (Å²) in [5.74, 6) is -0.357. The average Bonchev–Trinajstić information content (AvgIpc) is 2.70. The van der Waals surface area contributed by atoms with Crippen molar-refractivity contribution in [2.24, 2.45) is 0 Å². The van der Waals surface area contributed by atoms with Crippen LogP contribution in [-0.2, 0) is 11.2 Å². The Morgan fingerprint density at radius 1 is 1.48 bits per heavy atom. The molecule has 1 aromatic carbocycles. The second-order valence-electron chi connectivity index (χ2n) is 5.04. The van der Waals surface area contributed by atoms with Crippen LogP contribution < -0.4 is 5.32 Å². The van der Waals surface area contributed by atoms with Crippen molar-refractivity contribution in [1.29, 1.82) is 0 Å². The fourth-order valence-corrected chi connectivity index (χ4v) is 3.30. The Labute approximate surface area is 132 Å². The molecule has 21 heavy (non-hydrogen) atoms. The van der Waals surface area contributed by atoms with Gasteiger partial charge in [0.1, 0.15) is 5.82 Å². The first kappa shape index (κ1) is 15.9. The number of carbonyl (C=O) groups excluding carboxylic acids is 1. The van der Waals surface area contributed by atoms with Crippen molar-refractivity contribution in [2.75, 3.05) is 0 Å². The summed E-state index contributed by atoms with van der Waals surface area (Å²) in [4.78, 5) is 16.0. The Bertz CT molecular complexity index is 721. The largest absolute Gasteiger partial charge is 0.349 e. The third-order valence-electron chi connectivity index (χ3n) is 3.32. The van der Waals surface area contributed by atoms with Gasteiger partial charge in [0.05, 0.1) is 12.5 Å². The van der Waals surface area contributed by atoms with Crippen LogP contribution in [0, 0.1) is 23.6 Å². The monoisotopic (exact) mass is 324 g/mol. The summed E-state index contributed by atoms with van der Waals surface area (Å²) in [5, 5.41) is 2.88. The molecule has 1 unspecified atom stereocenters. The summed E-state index contributed by atoms with van der Waals surface area (Å²) >= 11 is 6.46. The van der Waals surface area contributed by atoms with Gasteiger partial charge in [0.2, 0.25) is 5.91 Å². The molecule has 0 aliphatic heterocycles. The van der Waals surface area contributed by atoms with Gasteiger partial charge in [-0.1, -0.05) is 12.1 Å². The molecule has 0 radical (unpaired) electrons. The van der Waals surface area contributed by atoms with Gasteiger partial charge in [0, 0.05) is 10.6 Å². The fourth-order valence-electron chi connectivity index (χ4n) is 2.01. The van der Waals surface area contributed by atoms with Gasteiger partial charge in [-0.3, -0.25) is 4.79 Å². The number of aromatic amines is 1. The van der Waals surface area contributed by atoms with Crippen LogP contribution in [0.15, 0.2) is 18.2 Å². The molecule has 0 bridgehead atoms. The third kappa shape index (κ3) is 3.98. The van der Waals surface area contributed by atoms with Gasteiger partial charge < -0.3 is 10.3 Å². The number of hydrogen-bond acceptors (Lipinski definition) is 3. The van der Waals surface area contributed by atoms with Crippen molar-refractivity contribution in [3.05, 3.63) is 49.7 Å². The molecule has 0 aliphatic carbocycles. The highest BCUT2D eigenvalue weighted by atomic mass is 32.1. The highest BCUT2D eigenvalue weighted by molar-refractivity contribution is 7.73. The van der Waals surface area contributed by atoms with Crippen LogP contribution in [0.5, 0.6) is 0 Å². The molecule has 0 saturated carbocycles. The summed E-state index contributed by atoms with van der Waals surface area (Å²) in [5.41, 5.74) is 2.28. The number of amides is 1. The van der Waals surface area contributed by atoms with Gasteiger partial charge in [-0.15, -0.1) is 11.3 Å². The third-order valence-corrected chi connectivity index (χ3v) is 4.65. The van der Waals surface area contributed by atoms with Crippen molar-refractivity contribution >= 4 is 29.5 Å². The SMILES string of the molecule is Cc1ccc(C(C)NC(=O)Cc2sc(=S)[nH]c2C)cc1F. The van der Waals surface area contributed by atoms with E-state index in [0.29, 0.717) is 9.52 Å². The summed E-state index contributed by atoms with van der Waals surface area (Å²) < 4.78 is 14.2. The number of halogens is 1. The van der Waals surface area contributed by atoms with Crippen LogP contribution in [0.25, 0.3) is 0 Å². The number of benzene rings is 1. The van der Waals surface area contributed by atoms with E-state index in [4.69, 9.17) is 12.2 Å². The summed E-state index contributed by atoms with van der Waals surface area (Å²) in [6, 6.07) is 4.77. The maximum atomic E-state index is 13.6. The maximum Gasteiger partial charge on any atom is 0.225 e. The molecule has 6 heteroatoms. The number of aryl methyl sites for hydroxylation is 2. The first-order valence-corrected chi connectivity index (χ1v) is 7.83.